The van der Waals surface area contributed by atoms with E-state index < -0.39 is 10.0 Å². The van der Waals surface area contributed by atoms with E-state index in [2.05, 4.69) is 20.0 Å². The summed E-state index contributed by atoms with van der Waals surface area (Å²) in [5, 5.41) is 2.79. The minimum atomic E-state index is -3.42. The minimum Gasteiger partial charge on any atom is -0.345 e. The molecular formula is C18H18N4O3S. The van der Waals surface area contributed by atoms with E-state index in [1.165, 1.54) is 6.07 Å². The second kappa shape index (κ2) is 7.01. The van der Waals surface area contributed by atoms with Crippen LogP contribution in [0.15, 0.2) is 54.9 Å². The maximum absolute atomic E-state index is 12.4. The van der Waals surface area contributed by atoms with E-state index in [9.17, 15) is 13.2 Å². The van der Waals surface area contributed by atoms with Crippen molar-refractivity contribution in [2.45, 2.75) is 6.92 Å². The predicted octanol–water partition coefficient (Wildman–Crippen LogP) is 3.01. The average molecular weight is 370 g/mol. The summed E-state index contributed by atoms with van der Waals surface area (Å²) in [7, 11) is -3.42. The van der Waals surface area contributed by atoms with Gasteiger partial charge in [-0.2, -0.15) is 0 Å². The van der Waals surface area contributed by atoms with Gasteiger partial charge >= 0.3 is 0 Å². The topological polar surface area (TPSA) is 104 Å². The van der Waals surface area contributed by atoms with Gasteiger partial charge in [0.1, 0.15) is 5.82 Å². The van der Waals surface area contributed by atoms with Crippen molar-refractivity contribution in [3.63, 3.8) is 0 Å². The largest absolute Gasteiger partial charge is 0.345 e. The third kappa shape index (κ3) is 4.28. The Kier molecular flexibility index (Phi) is 4.77. The summed E-state index contributed by atoms with van der Waals surface area (Å²) in [5.74, 6) is 0.421. The Morgan fingerprint density at radius 1 is 1.12 bits per heavy atom. The second-order valence-corrected chi connectivity index (χ2v) is 7.62. The number of carbonyl (C=O) groups excluding carboxylic acids is 1. The van der Waals surface area contributed by atoms with Gasteiger partial charge in [0.15, 0.2) is 0 Å². The maximum atomic E-state index is 12.4. The summed E-state index contributed by atoms with van der Waals surface area (Å²) in [4.78, 5) is 19.6. The van der Waals surface area contributed by atoms with Crippen LogP contribution in [0.5, 0.6) is 0 Å². The van der Waals surface area contributed by atoms with Gasteiger partial charge in [-0.05, 0) is 48.9 Å². The van der Waals surface area contributed by atoms with Crippen molar-refractivity contribution in [1.82, 2.24) is 9.97 Å². The molecule has 0 unspecified atom stereocenters. The van der Waals surface area contributed by atoms with Gasteiger partial charge in [-0.25, -0.2) is 13.4 Å². The summed E-state index contributed by atoms with van der Waals surface area (Å²) in [6.45, 7) is 1.77. The Balaban J connectivity index is 1.76. The molecule has 3 rings (SSSR count). The highest BCUT2D eigenvalue weighted by atomic mass is 32.2. The fraction of sp³-hybridized carbons (Fsp3) is 0.111. The van der Waals surface area contributed by atoms with Crippen molar-refractivity contribution in [1.29, 1.82) is 0 Å². The zero-order valence-corrected chi connectivity index (χ0v) is 15.1. The number of H-pyrrole nitrogens is 1. The molecule has 0 aliphatic carbocycles. The van der Waals surface area contributed by atoms with E-state index in [-0.39, 0.29) is 5.91 Å². The van der Waals surface area contributed by atoms with Crippen LogP contribution in [0, 0.1) is 6.92 Å². The Hall–Kier alpha value is -3.13. The first-order valence-corrected chi connectivity index (χ1v) is 9.70. The van der Waals surface area contributed by atoms with E-state index in [1.54, 1.807) is 43.6 Å². The predicted molar refractivity (Wildman–Crippen MR) is 102 cm³/mol. The number of anilines is 2. The summed E-state index contributed by atoms with van der Waals surface area (Å²) < 4.78 is 25.3. The normalized spacial score (nSPS) is 11.2. The highest BCUT2D eigenvalue weighted by molar-refractivity contribution is 7.92. The number of carbonyl (C=O) groups is 1. The third-order valence-corrected chi connectivity index (χ3v) is 4.30. The molecule has 0 atom stereocenters. The molecule has 0 bridgehead atoms. The molecule has 1 amide bonds. The number of aryl methyl sites for hydroxylation is 1. The van der Waals surface area contributed by atoms with Crippen LogP contribution in [-0.2, 0) is 10.0 Å². The van der Waals surface area contributed by atoms with Gasteiger partial charge in [0.25, 0.3) is 5.91 Å². The first-order chi connectivity index (χ1) is 12.3. The molecule has 0 saturated carbocycles. The molecule has 7 nitrogen and oxygen atoms in total. The van der Waals surface area contributed by atoms with Gasteiger partial charge in [0, 0.05) is 29.2 Å². The van der Waals surface area contributed by atoms with Crippen molar-refractivity contribution in [3.05, 3.63) is 66.0 Å². The van der Waals surface area contributed by atoms with Gasteiger partial charge in [0.05, 0.1) is 11.9 Å². The van der Waals surface area contributed by atoms with Crippen LogP contribution in [0.1, 0.15) is 15.9 Å². The summed E-state index contributed by atoms with van der Waals surface area (Å²) in [6.07, 6.45) is 4.48. The molecule has 134 valence electrons. The number of rotatable bonds is 5. The first-order valence-electron chi connectivity index (χ1n) is 7.81. The first kappa shape index (κ1) is 17.7. The van der Waals surface area contributed by atoms with Crippen LogP contribution >= 0.6 is 0 Å². The lowest BCUT2D eigenvalue weighted by molar-refractivity contribution is 0.102. The standard InChI is InChI=1S/C18H18N4O3S/c1-12-3-4-14(11-16(12)22-26(2,24)25)18(23)21-15-7-5-13(6-8-15)17-19-9-10-20-17/h3-11,22H,1-2H3,(H,19,20)(H,21,23). The third-order valence-electron chi connectivity index (χ3n) is 3.71. The highest BCUT2D eigenvalue weighted by Gasteiger charge is 2.11. The van der Waals surface area contributed by atoms with Crippen molar-refractivity contribution in [3.8, 4) is 11.4 Å². The highest BCUT2D eigenvalue weighted by Crippen LogP contribution is 2.21. The summed E-state index contributed by atoms with van der Waals surface area (Å²) in [5.41, 5.74) is 3.01. The molecule has 0 aliphatic rings. The number of hydrogen-bond acceptors (Lipinski definition) is 4. The van der Waals surface area contributed by atoms with Gasteiger partial charge in [-0.15, -0.1) is 0 Å². The zero-order valence-electron chi connectivity index (χ0n) is 14.3. The van der Waals surface area contributed by atoms with Gasteiger partial charge in [0.2, 0.25) is 10.0 Å². The Morgan fingerprint density at radius 3 is 2.46 bits per heavy atom. The summed E-state index contributed by atoms with van der Waals surface area (Å²) in [6, 6.07) is 12.1. The SMILES string of the molecule is Cc1ccc(C(=O)Nc2ccc(-c3ncc[nH]3)cc2)cc1NS(C)(=O)=O. The van der Waals surface area contributed by atoms with Crippen LogP contribution in [-0.4, -0.2) is 30.5 Å². The number of hydrogen-bond donors (Lipinski definition) is 3. The van der Waals surface area contributed by atoms with Crippen molar-refractivity contribution in [2.24, 2.45) is 0 Å². The summed E-state index contributed by atoms with van der Waals surface area (Å²) >= 11 is 0. The van der Waals surface area contributed by atoms with E-state index in [4.69, 9.17) is 0 Å². The quantitative estimate of drug-likeness (QED) is 0.642. The van der Waals surface area contributed by atoms with Crippen LogP contribution in [0.2, 0.25) is 0 Å². The molecule has 0 fully saturated rings. The molecule has 0 spiro atoms. The maximum Gasteiger partial charge on any atom is 0.255 e. The molecule has 1 heterocycles. The number of sulfonamides is 1. The molecule has 0 aliphatic heterocycles. The number of imidazole rings is 1. The number of amides is 1. The minimum absolute atomic E-state index is 0.327. The molecule has 2 aromatic carbocycles. The van der Waals surface area contributed by atoms with E-state index in [0.29, 0.717) is 16.9 Å². The van der Waals surface area contributed by atoms with Crippen molar-refractivity contribution >= 4 is 27.3 Å². The lowest BCUT2D eigenvalue weighted by Crippen LogP contribution is -2.14. The van der Waals surface area contributed by atoms with Crippen LogP contribution < -0.4 is 10.0 Å². The molecule has 3 aromatic rings. The van der Waals surface area contributed by atoms with Crippen molar-refractivity contribution < 1.29 is 13.2 Å². The van der Waals surface area contributed by atoms with E-state index >= 15 is 0 Å². The lowest BCUT2D eigenvalue weighted by Gasteiger charge is -2.11. The average Bonchev–Trinajstić information content (AvgIpc) is 3.11. The fourth-order valence-corrected chi connectivity index (χ4v) is 3.03. The number of aromatic nitrogens is 2. The molecular weight excluding hydrogens is 352 g/mol. The number of nitrogens with one attached hydrogen (secondary N) is 3. The molecule has 0 radical (unpaired) electrons. The Morgan fingerprint density at radius 2 is 1.85 bits per heavy atom. The Bertz CT molecular complexity index is 1030. The molecule has 1 aromatic heterocycles. The number of nitrogens with zero attached hydrogens (tertiary/aromatic N) is 1. The van der Waals surface area contributed by atoms with E-state index in [1.807, 2.05) is 12.1 Å². The molecule has 26 heavy (non-hydrogen) atoms. The van der Waals surface area contributed by atoms with Crippen LogP contribution in [0.25, 0.3) is 11.4 Å². The van der Waals surface area contributed by atoms with Gasteiger partial charge in [-0.1, -0.05) is 6.07 Å². The van der Waals surface area contributed by atoms with Crippen LogP contribution in [0.4, 0.5) is 11.4 Å². The van der Waals surface area contributed by atoms with Gasteiger partial charge < -0.3 is 10.3 Å². The molecule has 0 saturated heterocycles. The zero-order chi connectivity index (χ0) is 18.7. The van der Waals surface area contributed by atoms with Crippen molar-refractivity contribution in [2.75, 3.05) is 16.3 Å². The monoisotopic (exact) mass is 370 g/mol. The molecule has 8 heteroatoms. The van der Waals surface area contributed by atoms with Crippen LogP contribution in [0.3, 0.4) is 0 Å². The Labute approximate surface area is 151 Å². The second-order valence-electron chi connectivity index (χ2n) is 5.87. The fourth-order valence-electron chi connectivity index (χ4n) is 2.41. The smallest absolute Gasteiger partial charge is 0.255 e. The van der Waals surface area contributed by atoms with Gasteiger partial charge in [-0.3, -0.25) is 9.52 Å². The lowest BCUT2D eigenvalue weighted by atomic mass is 10.1. The number of aromatic amines is 1. The molecule has 3 N–H and O–H groups in total. The van der Waals surface area contributed by atoms with E-state index in [0.717, 1.165) is 23.2 Å². The number of benzene rings is 2.